The summed E-state index contributed by atoms with van der Waals surface area (Å²) >= 11 is 0. The minimum atomic E-state index is -0.348. The SMILES string of the molecule is CCCC(CCO)CNC(=NCC(=O)Nc1ccc(F)cc1)NCC.I. The van der Waals surface area contributed by atoms with Crippen molar-refractivity contribution in [1.82, 2.24) is 10.6 Å². The molecule has 1 rings (SSSR count). The molecule has 0 aliphatic rings. The van der Waals surface area contributed by atoms with Gasteiger partial charge in [-0.1, -0.05) is 13.3 Å². The van der Waals surface area contributed by atoms with Gasteiger partial charge in [-0.05, 0) is 49.9 Å². The van der Waals surface area contributed by atoms with E-state index in [0.29, 0.717) is 30.7 Å². The fourth-order valence-electron chi connectivity index (χ4n) is 2.41. The quantitative estimate of drug-likeness (QED) is 0.236. The zero-order valence-corrected chi connectivity index (χ0v) is 17.8. The number of anilines is 1. The molecule has 0 aliphatic carbocycles. The zero-order valence-electron chi connectivity index (χ0n) is 15.4. The molecule has 4 N–H and O–H groups in total. The first-order valence-corrected chi connectivity index (χ1v) is 8.77. The molecule has 0 heterocycles. The molecule has 26 heavy (non-hydrogen) atoms. The summed E-state index contributed by atoms with van der Waals surface area (Å²) in [7, 11) is 0. The van der Waals surface area contributed by atoms with Crippen LogP contribution in [0.25, 0.3) is 0 Å². The lowest BCUT2D eigenvalue weighted by atomic mass is 10.0. The Morgan fingerprint density at radius 1 is 1.19 bits per heavy atom. The van der Waals surface area contributed by atoms with Crippen molar-refractivity contribution in [3.8, 4) is 0 Å². The highest BCUT2D eigenvalue weighted by atomic mass is 127. The van der Waals surface area contributed by atoms with Crippen LogP contribution < -0.4 is 16.0 Å². The van der Waals surface area contributed by atoms with Crippen molar-refractivity contribution in [2.75, 3.05) is 31.6 Å². The van der Waals surface area contributed by atoms with Crippen molar-refractivity contribution in [3.05, 3.63) is 30.1 Å². The zero-order chi connectivity index (χ0) is 18.5. The van der Waals surface area contributed by atoms with E-state index in [1.165, 1.54) is 24.3 Å². The standard InChI is InChI=1S/C18H29FN4O2.HI/c1-3-5-14(10-11-24)12-21-18(20-4-2)22-13-17(25)23-16-8-6-15(19)7-9-16;/h6-9,14,24H,3-5,10-13H2,1-2H3,(H,23,25)(H2,20,21,22);1H. The predicted octanol–water partition coefficient (Wildman–Crippen LogP) is 2.74. The molecule has 1 unspecified atom stereocenters. The summed E-state index contributed by atoms with van der Waals surface area (Å²) in [5.74, 6) is 0.311. The molecular weight excluding hydrogens is 450 g/mol. The molecule has 0 saturated heterocycles. The van der Waals surface area contributed by atoms with Crippen LogP contribution in [-0.2, 0) is 4.79 Å². The molecule has 8 heteroatoms. The fourth-order valence-corrected chi connectivity index (χ4v) is 2.41. The molecule has 1 aromatic carbocycles. The van der Waals surface area contributed by atoms with Crippen LogP contribution in [0.1, 0.15) is 33.1 Å². The van der Waals surface area contributed by atoms with Crippen molar-refractivity contribution in [1.29, 1.82) is 0 Å². The molecule has 1 atom stereocenters. The van der Waals surface area contributed by atoms with Crippen LogP contribution in [0.5, 0.6) is 0 Å². The number of amides is 1. The fraction of sp³-hybridized carbons (Fsp3) is 0.556. The number of nitrogens with zero attached hydrogens (tertiary/aromatic N) is 1. The van der Waals surface area contributed by atoms with Crippen LogP contribution in [-0.4, -0.2) is 43.2 Å². The van der Waals surface area contributed by atoms with E-state index < -0.39 is 0 Å². The Hall–Kier alpha value is -1.42. The van der Waals surface area contributed by atoms with Crippen molar-refractivity contribution in [2.45, 2.75) is 33.1 Å². The molecule has 0 aromatic heterocycles. The molecule has 0 saturated carbocycles. The summed E-state index contributed by atoms with van der Waals surface area (Å²) in [6, 6.07) is 5.59. The maximum absolute atomic E-state index is 12.9. The van der Waals surface area contributed by atoms with Crippen LogP contribution in [0.15, 0.2) is 29.3 Å². The van der Waals surface area contributed by atoms with E-state index >= 15 is 0 Å². The second-order valence-corrected chi connectivity index (χ2v) is 5.80. The number of rotatable bonds is 10. The van der Waals surface area contributed by atoms with E-state index in [-0.39, 0.29) is 48.9 Å². The van der Waals surface area contributed by atoms with Crippen molar-refractivity contribution < 1.29 is 14.3 Å². The van der Waals surface area contributed by atoms with E-state index in [1.54, 1.807) is 0 Å². The molecule has 0 aliphatic heterocycles. The highest BCUT2D eigenvalue weighted by Gasteiger charge is 2.09. The number of guanidine groups is 1. The summed E-state index contributed by atoms with van der Waals surface area (Å²) < 4.78 is 12.9. The van der Waals surface area contributed by atoms with Crippen molar-refractivity contribution in [3.63, 3.8) is 0 Å². The maximum atomic E-state index is 12.9. The number of aliphatic hydroxyl groups is 1. The number of hydrogen-bond acceptors (Lipinski definition) is 3. The monoisotopic (exact) mass is 480 g/mol. The first-order chi connectivity index (χ1) is 12.1. The smallest absolute Gasteiger partial charge is 0.246 e. The van der Waals surface area contributed by atoms with Gasteiger partial charge in [0.15, 0.2) is 5.96 Å². The molecule has 0 radical (unpaired) electrons. The van der Waals surface area contributed by atoms with Gasteiger partial charge in [-0.3, -0.25) is 4.79 Å². The van der Waals surface area contributed by atoms with Gasteiger partial charge in [0.05, 0.1) is 0 Å². The van der Waals surface area contributed by atoms with Gasteiger partial charge < -0.3 is 21.1 Å². The number of hydrogen-bond donors (Lipinski definition) is 4. The summed E-state index contributed by atoms with van der Waals surface area (Å²) in [6.07, 6.45) is 2.82. The Morgan fingerprint density at radius 3 is 2.46 bits per heavy atom. The van der Waals surface area contributed by atoms with Gasteiger partial charge >= 0.3 is 0 Å². The number of halogens is 2. The lowest BCUT2D eigenvalue weighted by Gasteiger charge is -2.18. The van der Waals surface area contributed by atoms with Crippen LogP contribution in [0.4, 0.5) is 10.1 Å². The Morgan fingerprint density at radius 2 is 1.88 bits per heavy atom. The number of carbonyl (C=O) groups excluding carboxylic acids is 1. The van der Waals surface area contributed by atoms with Gasteiger partial charge in [-0.2, -0.15) is 0 Å². The molecule has 0 fully saturated rings. The molecule has 6 nitrogen and oxygen atoms in total. The van der Waals surface area contributed by atoms with Crippen LogP contribution in [0.2, 0.25) is 0 Å². The normalized spacial score (nSPS) is 12.1. The number of benzene rings is 1. The third-order valence-corrected chi connectivity index (χ3v) is 3.65. The van der Waals surface area contributed by atoms with Crippen LogP contribution in [0, 0.1) is 11.7 Å². The molecule has 0 spiro atoms. The van der Waals surface area contributed by atoms with Crippen molar-refractivity contribution >= 4 is 41.5 Å². The Labute approximate surface area is 172 Å². The third kappa shape index (κ3) is 10.5. The Balaban J connectivity index is 0.00000625. The predicted molar refractivity (Wildman–Crippen MR) is 115 cm³/mol. The van der Waals surface area contributed by atoms with Gasteiger partial charge in [0, 0.05) is 25.4 Å². The molecule has 1 aromatic rings. The Bertz CT molecular complexity index is 534. The van der Waals surface area contributed by atoms with Crippen LogP contribution >= 0.6 is 24.0 Å². The average molecular weight is 480 g/mol. The summed E-state index contributed by atoms with van der Waals surface area (Å²) in [5.41, 5.74) is 0.533. The summed E-state index contributed by atoms with van der Waals surface area (Å²) in [5, 5.41) is 18.1. The van der Waals surface area contributed by atoms with Crippen molar-refractivity contribution in [2.24, 2.45) is 10.9 Å². The van der Waals surface area contributed by atoms with Crippen LogP contribution in [0.3, 0.4) is 0 Å². The van der Waals surface area contributed by atoms with E-state index in [2.05, 4.69) is 27.9 Å². The largest absolute Gasteiger partial charge is 0.396 e. The first kappa shape index (κ1) is 24.6. The molecule has 1 amide bonds. The molecular formula is C18H30FIN4O2. The molecule has 148 valence electrons. The maximum Gasteiger partial charge on any atom is 0.246 e. The minimum absolute atomic E-state index is 0. The van der Waals surface area contributed by atoms with E-state index in [4.69, 9.17) is 5.11 Å². The van der Waals surface area contributed by atoms with Gasteiger partial charge in [-0.15, -0.1) is 24.0 Å². The lowest BCUT2D eigenvalue weighted by molar-refractivity contribution is -0.114. The number of aliphatic hydroxyl groups excluding tert-OH is 1. The van der Waals surface area contributed by atoms with E-state index in [1.807, 2.05) is 6.92 Å². The number of carbonyl (C=O) groups is 1. The minimum Gasteiger partial charge on any atom is -0.396 e. The van der Waals surface area contributed by atoms with Gasteiger partial charge in [0.25, 0.3) is 0 Å². The number of aliphatic imine (C=N–C) groups is 1. The third-order valence-electron chi connectivity index (χ3n) is 3.65. The van der Waals surface area contributed by atoms with Gasteiger partial charge in [0.1, 0.15) is 12.4 Å². The molecule has 0 bridgehead atoms. The number of nitrogens with one attached hydrogen (secondary N) is 3. The first-order valence-electron chi connectivity index (χ1n) is 8.77. The second kappa shape index (κ2) is 14.7. The van der Waals surface area contributed by atoms with E-state index in [9.17, 15) is 9.18 Å². The highest BCUT2D eigenvalue weighted by molar-refractivity contribution is 14.0. The average Bonchev–Trinajstić information content (AvgIpc) is 2.59. The lowest BCUT2D eigenvalue weighted by Crippen LogP contribution is -2.40. The summed E-state index contributed by atoms with van der Waals surface area (Å²) in [4.78, 5) is 16.2. The van der Waals surface area contributed by atoms with E-state index in [0.717, 1.165) is 19.3 Å². The second-order valence-electron chi connectivity index (χ2n) is 5.80. The topological polar surface area (TPSA) is 85.8 Å². The highest BCUT2D eigenvalue weighted by Crippen LogP contribution is 2.09. The van der Waals surface area contributed by atoms with Gasteiger partial charge in [0.2, 0.25) is 5.91 Å². The Kier molecular flexibility index (Phi) is 13.9. The van der Waals surface area contributed by atoms with Gasteiger partial charge in [-0.25, -0.2) is 9.38 Å². The summed E-state index contributed by atoms with van der Waals surface area (Å²) in [6.45, 7) is 5.57.